The van der Waals surface area contributed by atoms with Crippen LogP contribution in [-0.4, -0.2) is 47.0 Å². The summed E-state index contributed by atoms with van der Waals surface area (Å²) in [5.41, 5.74) is -0.297. The first-order valence-corrected chi connectivity index (χ1v) is 6.03. The second-order valence-electron chi connectivity index (χ2n) is 5.24. The van der Waals surface area contributed by atoms with Gasteiger partial charge in [0.2, 0.25) is 11.8 Å². The average molecular weight is 282 g/mol. The predicted octanol–water partition coefficient (Wildman–Crippen LogP) is 2.02. The Morgan fingerprint density at radius 1 is 1.25 bits per heavy atom. The number of hydrogen-bond donors (Lipinski definition) is 2. The van der Waals surface area contributed by atoms with Crippen LogP contribution in [0.2, 0.25) is 0 Å². The molecule has 0 unspecified atom stereocenters. The number of rotatable bonds is 4. The van der Waals surface area contributed by atoms with E-state index in [-0.39, 0.29) is 11.3 Å². The van der Waals surface area contributed by atoms with E-state index in [1.165, 1.54) is 32.6 Å². The van der Waals surface area contributed by atoms with Gasteiger partial charge in [0, 0.05) is 26.8 Å². The van der Waals surface area contributed by atoms with Crippen molar-refractivity contribution in [3.8, 4) is 11.5 Å². The zero-order chi connectivity index (χ0) is 15.5. The van der Waals surface area contributed by atoms with E-state index in [1.807, 2.05) is 0 Å². The van der Waals surface area contributed by atoms with Gasteiger partial charge in [-0.15, -0.1) is 0 Å². The van der Waals surface area contributed by atoms with E-state index in [9.17, 15) is 15.1 Å². The molecule has 1 rings (SSSR count). The Hall–Kier alpha value is -2.24. The van der Waals surface area contributed by atoms with Crippen LogP contribution in [0.3, 0.4) is 0 Å². The van der Waals surface area contributed by atoms with E-state index < -0.39 is 11.5 Å². The third-order valence-electron chi connectivity index (χ3n) is 2.72. The van der Waals surface area contributed by atoms with Crippen LogP contribution in [0, 0.1) is 0 Å². The van der Waals surface area contributed by atoms with Crippen LogP contribution in [0.25, 0.3) is 0 Å². The number of hydroxylamine groups is 1. The van der Waals surface area contributed by atoms with E-state index in [4.69, 9.17) is 9.47 Å². The Bertz CT molecular complexity index is 543. The number of ether oxygens (including phenoxy) is 2. The summed E-state index contributed by atoms with van der Waals surface area (Å²) in [5, 5.41) is 19.3. The molecule has 20 heavy (non-hydrogen) atoms. The smallest absolute Gasteiger partial charge is 0.340 e. The van der Waals surface area contributed by atoms with Gasteiger partial charge in [0.05, 0.1) is 19.8 Å². The van der Waals surface area contributed by atoms with Crippen LogP contribution in [-0.2, 0) is 0 Å². The van der Waals surface area contributed by atoms with Crippen LogP contribution in [0.1, 0.15) is 36.7 Å². The van der Waals surface area contributed by atoms with Crippen LogP contribution in [0.4, 0.5) is 0 Å². The number of carboxylic acids is 1. The zero-order valence-corrected chi connectivity index (χ0v) is 12.3. The molecule has 2 N–H and O–H groups in total. The minimum atomic E-state index is -1.14. The molecule has 0 spiro atoms. The van der Waals surface area contributed by atoms with Crippen LogP contribution < -0.4 is 9.47 Å². The summed E-state index contributed by atoms with van der Waals surface area (Å²) >= 11 is 0. The summed E-state index contributed by atoms with van der Waals surface area (Å²) in [5.74, 6) is -0.524. The molecule has 0 aliphatic heterocycles. The van der Waals surface area contributed by atoms with Gasteiger partial charge in [-0.3, -0.25) is 5.21 Å². The summed E-state index contributed by atoms with van der Waals surface area (Å²) in [6.45, 7) is 5.38. The number of hydrogen-bond acceptors (Lipinski definition) is 4. The first-order chi connectivity index (χ1) is 9.20. The normalized spacial score (nSPS) is 12.2. The summed E-state index contributed by atoms with van der Waals surface area (Å²) in [4.78, 5) is 11.4. The molecule has 0 radical (unpaired) electrons. The number of carboxylic acid groups (broad SMARTS) is 1. The molecular weight excluding hydrogens is 262 g/mol. The summed E-state index contributed by atoms with van der Waals surface area (Å²) in [6, 6.07) is 3.01. The standard InChI is InChI=1S/C14H19NO5/c1-14(2,3)15(18)8-9-6-10(19-4)7-11(20-5)12(9)13(16)17/h6-8H,1-5H3,(H-,16,17,18)/p+1/b15-8-. The van der Waals surface area contributed by atoms with Gasteiger partial charge in [0.15, 0.2) is 0 Å². The molecule has 0 aliphatic carbocycles. The Kier molecular flexibility index (Phi) is 4.60. The van der Waals surface area contributed by atoms with Crippen molar-refractivity contribution < 1.29 is 29.3 Å². The van der Waals surface area contributed by atoms with Crippen molar-refractivity contribution in [2.45, 2.75) is 26.3 Å². The molecule has 0 atom stereocenters. The maximum Gasteiger partial charge on any atom is 0.340 e. The second-order valence-corrected chi connectivity index (χ2v) is 5.24. The average Bonchev–Trinajstić information content (AvgIpc) is 2.35. The summed E-state index contributed by atoms with van der Waals surface area (Å²) in [7, 11) is 2.85. The molecule has 0 heterocycles. The zero-order valence-electron chi connectivity index (χ0n) is 12.3. The molecule has 0 aliphatic rings. The van der Waals surface area contributed by atoms with Crippen LogP contribution >= 0.6 is 0 Å². The second kappa shape index (κ2) is 5.81. The SMILES string of the molecule is COc1cc(/C=[N+](\O)C(C)(C)C)c(C(=O)O)c(OC)c1. The first kappa shape index (κ1) is 15.8. The third kappa shape index (κ3) is 3.40. The number of benzene rings is 1. The van der Waals surface area contributed by atoms with Crippen molar-refractivity contribution in [1.82, 2.24) is 0 Å². The van der Waals surface area contributed by atoms with Crippen molar-refractivity contribution in [3.05, 3.63) is 23.3 Å². The highest BCUT2D eigenvalue weighted by Crippen LogP contribution is 2.28. The highest BCUT2D eigenvalue weighted by Gasteiger charge is 2.27. The van der Waals surface area contributed by atoms with Gasteiger partial charge in [-0.2, -0.15) is 0 Å². The van der Waals surface area contributed by atoms with Crippen molar-refractivity contribution in [1.29, 1.82) is 0 Å². The molecule has 0 saturated heterocycles. The quantitative estimate of drug-likeness (QED) is 0.382. The fourth-order valence-corrected chi connectivity index (χ4v) is 1.55. The van der Waals surface area contributed by atoms with Gasteiger partial charge in [0.1, 0.15) is 17.1 Å². The van der Waals surface area contributed by atoms with Gasteiger partial charge in [-0.1, -0.05) is 0 Å². The van der Waals surface area contributed by atoms with Crippen molar-refractivity contribution in [2.75, 3.05) is 14.2 Å². The highest BCUT2D eigenvalue weighted by atomic mass is 16.5. The van der Waals surface area contributed by atoms with Gasteiger partial charge >= 0.3 is 5.97 Å². The first-order valence-electron chi connectivity index (χ1n) is 6.03. The Morgan fingerprint density at radius 2 is 1.85 bits per heavy atom. The maximum atomic E-state index is 11.4. The Morgan fingerprint density at radius 3 is 2.25 bits per heavy atom. The number of aromatic carboxylic acids is 1. The number of nitrogens with zero attached hydrogens (tertiary/aromatic N) is 1. The molecule has 0 fully saturated rings. The highest BCUT2D eigenvalue weighted by molar-refractivity contribution is 6.00. The molecule has 110 valence electrons. The molecule has 0 saturated carbocycles. The van der Waals surface area contributed by atoms with E-state index in [1.54, 1.807) is 20.8 Å². The molecule has 0 aromatic heterocycles. The monoisotopic (exact) mass is 282 g/mol. The van der Waals surface area contributed by atoms with Gasteiger partial charge < -0.3 is 14.6 Å². The lowest BCUT2D eigenvalue weighted by Gasteiger charge is -2.12. The minimum absolute atomic E-state index is 0.0309. The lowest BCUT2D eigenvalue weighted by atomic mass is 10.1. The van der Waals surface area contributed by atoms with E-state index in [0.717, 1.165) is 4.74 Å². The van der Waals surface area contributed by atoms with Gasteiger partial charge in [-0.05, 0) is 10.8 Å². The summed E-state index contributed by atoms with van der Waals surface area (Å²) in [6.07, 6.45) is 1.34. The number of methoxy groups -OCH3 is 2. The molecule has 1 aromatic carbocycles. The lowest BCUT2D eigenvalue weighted by Crippen LogP contribution is -2.31. The largest absolute Gasteiger partial charge is 0.497 e. The van der Waals surface area contributed by atoms with Crippen molar-refractivity contribution in [3.63, 3.8) is 0 Å². The molecule has 6 heteroatoms. The lowest BCUT2D eigenvalue weighted by molar-refractivity contribution is -0.816. The number of carbonyl (C=O) groups is 1. The minimum Gasteiger partial charge on any atom is -0.497 e. The van der Waals surface area contributed by atoms with Crippen molar-refractivity contribution >= 4 is 12.2 Å². The topological polar surface area (TPSA) is 79.0 Å². The molecule has 0 bridgehead atoms. The molecule has 6 nitrogen and oxygen atoms in total. The fourth-order valence-electron chi connectivity index (χ4n) is 1.55. The molecule has 1 aromatic rings. The van der Waals surface area contributed by atoms with E-state index in [0.29, 0.717) is 11.3 Å². The molecular formula is C14H20NO5+. The van der Waals surface area contributed by atoms with Crippen LogP contribution in [0.5, 0.6) is 11.5 Å². The summed E-state index contributed by atoms with van der Waals surface area (Å²) < 4.78 is 11.1. The Labute approximate surface area is 117 Å². The van der Waals surface area contributed by atoms with Crippen molar-refractivity contribution in [2.24, 2.45) is 0 Å². The third-order valence-corrected chi connectivity index (χ3v) is 2.72. The maximum absolute atomic E-state index is 11.4. The predicted molar refractivity (Wildman–Crippen MR) is 73.5 cm³/mol. The van der Waals surface area contributed by atoms with E-state index >= 15 is 0 Å². The van der Waals surface area contributed by atoms with Gasteiger partial charge in [0.25, 0.3) is 0 Å². The van der Waals surface area contributed by atoms with E-state index in [2.05, 4.69) is 0 Å². The molecule has 0 amide bonds. The van der Waals surface area contributed by atoms with Crippen LogP contribution in [0.15, 0.2) is 12.1 Å². The Balaban J connectivity index is 3.54. The fraction of sp³-hybridized carbons (Fsp3) is 0.429. The van der Waals surface area contributed by atoms with Gasteiger partial charge in [-0.25, -0.2) is 4.79 Å².